The minimum atomic E-state index is -0.962. The maximum absolute atomic E-state index is 10.6. The van der Waals surface area contributed by atoms with Crippen molar-refractivity contribution >= 4 is 12.2 Å². The van der Waals surface area contributed by atoms with Crippen molar-refractivity contribution in [3.05, 3.63) is 30.3 Å². The number of hydrogen-bond acceptors (Lipinski definition) is 3. The first-order valence-corrected chi connectivity index (χ1v) is 3.17. The van der Waals surface area contributed by atoms with Crippen LogP contribution in [0.3, 0.4) is 0 Å². The molecule has 0 aliphatic rings. The van der Waals surface area contributed by atoms with Gasteiger partial charge in [-0.3, -0.25) is 0 Å². The summed E-state index contributed by atoms with van der Waals surface area (Å²) in [4.78, 5) is 22.9. The molecule has 4 nitrogen and oxygen atoms in total. The molecule has 0 heterocycles. The van der Waals surface area contributed by atoms with Gasteiger partial charge in [-0.15, -0.1) is 0 Å². The molecular formula is C8H5NO3. The lowest BCUT2D eigenvalue weighted by Crippen LogP contribution is -2.00. The summed E-state index contributed by atoms with van der Waals surface area (Å²) in [5.74, 6) is 0.349. The van der Waals surface area contributed by atoms with Crippen molar-refractivity contribution in [1.29, 1.82) is 0 Å². The molecule has 4 heteroatoms. The van der Waals surface area contributed by atoms with E-state index in [9.17, 15) is 9.59 Å². The van der Waals surface area contributed by atoms with Gasteiger partial charge < -0.3 is 4.74 Å². The number of ether oxygens (including phenoxy) is 1. The Balaban J connectivity index is 2.64. The van der Waals surface area contributed by atoms with E-state index in [1.165, 1.54) is 0 Å². The molecule has 0 unspecified atom stereocenters. The molecule has 1 rings (SSSR count). The molecular weight excluding hydrogens is 158 g/mol. The van der Waals surface area contributed by atoms with Gasteiger partial charge in [0.25, 0.3) is 0 Å². The van der Waals surface area contributed by atoms with Crippen molar-refractivity contribution in [2.45, 2.75) is 0 Å². The minimum Gasteiger partial charge on any atom is -0.408 e. The van der Waals surface area contributed by atoms with Crippen LogP contribution in [0.15, 0.2) is 35.3 Å². The van der Waals surface area contributed by atoms with Gasteiger partial charge in [-0.05, 0) is 12.1 Å². The van der Waals surface area contributed by atoms with Crippen LogP contribution in [-0.4, -0.2) is 12.2 Å². The lowest BCUT2D eigenvalue weighted by atomic mass is 10.3. The first kappa shape index (κ1) is 8.17. The maximum atomic E-state index is 10.6. The highest BCUT2D eigenvalue weighted by atomic mass is 16.5. The van der Waals surface area contributed by atoms with Crippen LogP contribution in [0.4, 0.5) is 4.79 Å². The molecule has 60 valence electrons. The van der Waals surface area contributed by atoms with Gasteiger partial charge in [0, 0.05) is 0 Å². The third-order valence-corrected chi connectivity index (χ3v) is 1.09. The van der Waals surface area contributed by atoms with Crippen LogP contribution >= 0.6 is 0 Å². The normalized spacial score (nSPS) is 8.33. The average molecular weight is 163 g/mol. The Morgan fingerprint density at radius 1 is 1.33 bits per heavy atom. The molecule has 1 aromatic carbocycles. The standard InChI is InChI=1S/C8H5NO3/c10-6-9-8(11)12-7-4-2-1-3-5-7/h1-5H. The maximum Gasteiger partial charge on any atom is 0.450 e. The Hall–Kier alpha value is -1.93. The van der Waals surface area contributed by atoms with Gasteiger partial charge in [-0.25, -0.2) is 9.59 Å². The van der Waals surface area contributed by atoms with Crippen molar-refractivity contribution in [1.82, 2.24) is 0 Å². The zero-order valence-corrected chi connectivity index (χ0v) is 6.06. The van der Waals surface area contributed by atoms with Gasteiger partial charge >= 0.3 is 6.09 Å². The van der Waals surface area contributed by atoms with E-state index in [0.29, 0.717) is 5.75 Å². The molecule has 0 N–H and O–H groups in total. The number of aliphatic imine (C=N–C) groups is 1. The molecule has 0 spiro atoms. The number of benzene rings is 1. The van der Waals surface area contributed by atoms with E-state index in [-0.39, 0.29) is 0 Å². The highest BCUT2D eigenvalue weighted by molar-refractivity contribution is 5.76. The van der Waals surface area contributed by atoms with E-state index in [2.05, 4.69) is 9.73 Å². The molecule has 12 heavy (non-hydrogen) atoms. The van der Waals surface area contributed by atoms with Gasteiger partial charge in [-0.1, -0.05) is 23.2 Å². The first-order valence-electron chi connectivity index (χ1n) is 3.17. The summed E-state index contributed by atoms with van der Waals surface area (Å²) in [6.45, 7) is 0. The van der Waals surface area contributed by atoms with E-state index in [1.54, 1.807) is 30.3 Å². The Bertz CT molecular complexity index is 314. The number of carbonyl (C=O) groups is 1. The number of isocyanates is 1. The second-order valence-corrected chi connectivity index (χ2v) is 1.88. The molecule has 0 aliphatic heterocycles. The van der Waals surface area contributed by atoms with Crippen molar-refractivity contribution < 1.29 is 14.3 Å². The lowest BCUT2D eigenvalue weighted by molar-refractivity contribution is 0.211. The Morgan fingerprint density at radius 2 is 2.00 bits per heavy atom. The molecule has 0 aromatic heterocycles. The summed E-state index contributed by atoms with van der Waals surface area (Å²) in [6.07, 6.45) is 0.126. The third-order valence-electron chi connectivity index (χ3n) is 1.09. The summed E-state index contributed by atoms with van der Waals surface area (Å²) in [6, 6.07) is 8.34. The quantitative estimate of drug-likeness (QED) is 0.465. The topological polar surface area (TPSA) is 55.7 Å². The van der Waals surface area contributed by atoms with Crippen LogP contribution in [0.1, 0.15) is 0 Å². The van der Waals surface area contributed by atoms with E-state index in [4.69, 9.17) is 0 Å². The summed E-state index contributed by atoms with van der Waals surface area (Å²) >= 11 is 0. The number of hydrogen-bond donors (Lipinski definition) is 0. The van der Waals surface area contributed by atoms with E-state index in [1.807, 2.05) is 0 Å². The van der Waals surface area contributed by atoms with Crippen LogP contribution in [0, 0.1) is 0 Å². The van der Waals surface area contributed by atoms with Crippen LogP contribution in [0.2, 0.25) is 0 Å². The second kappa shape index (κ2) is 4.05. The number of nitrogens with zero attached hydrogens (tertiary/aromatic N) is 1. The summed E-state index contributed by atoms with van der Waals surface area (Å²) in [7, 11) is 0. The number of para-hydroxylation sites is 1. The summed E-state index contributed by atoms with van der Waals surface area (Å²) in [5.41, 5.74) is 0. The number of carbonyl (C=O) groups excluding carboxylic acids is 2. The van der Waals surface area contributed by atoms with Crippen molar-refractivity contribution in [3.63, 3.8) is 0 Å². The molecule has 0 radical (unpaired) electrons. The fourth-order valence-corrected chi connectivity index (χ4v) is 0.649. The fraction of sp³-hybridized carbons (Fsp3) is 0. The van der Waals surface area contributed by atoms with Crippen LogP contribution < -0.4 is 4.74 Å². The first-order chi connectivity index (χ1) is 5.83. The van der Waals surface area contributed by atoms with Gasteiger partial charge in [-0.2, -0.15) is 0 Å². The largest absolute Gasteiger partial charge is 0.450 e. The van der Waals surface area contributed by atoms with Gasteiger partial charge in [0.1, 0.15) is 5.75 Å². The van der Waals surface area contributed by atoms with Crippen LogP contribution in [0.25, 0.3) is 0 Å². The Kier molecular flexibility index (Phi) is 2.76. The lowest BCUT2D eigenvalue weighted by Gasteiger charge is -1.96. The van der Waals surface area contributed by atoms with Gasteiger partial charge in [0.2, 0.25) is 6.08 Å². The zero-order chi connectivity index (χ0) is 8.81. The minimum absolute atomic E-state index is 0.349. The third kappa shape index (κ3) is 2.36. The number of amides is 1. The monoisotopic (exact) mass is 163 g/mol. The molecule has 1 aromatic rings. The smallest absolute Gasteiger partial charge is 0.408 e. The van der Waals surface area contributed by atoms with E-state index in [0.717, 1.165) is 6.08 Å². The molecule has 0 bridgehead atoms. The molecule has 1 amide bonds. The van der Waals surface area contributed by atoms with Gasteiger partial charge in [0.15, 0.2) is 0 Å². The fourth-order valence-electron chi connectivity index (χ4n) is 0.649. The SMILES string of the molecule is O=C=NC(=O)Oc1ccccc1. The van der Waals surface area contributed by atoms with E-state index < -0.39 is 6.09 Å². The highest BCUT2D eigenvalue weighted by Gasteiger charge is 1.99. The second-order valence-electron chi connectivity index (χ2n) is 1.88. The highest BCUT2D eigenvalue weighted by Crippen LogP contribution is 2.08. The molecule has 0 atom stereocenters. The van der Waals surface area contributed by atoms with Crippen molar-refractivity contribution in [2.75, 3.05) is 0 Å². The van der Waals surface area contributed by atoms with E-state index >= 15 is 0 Å². The van der Waals surface area contributed by atoms with Crippen molar-refractivity contribution in [2.24, 2.45) is 4.99 Å². The summed E-state index contributed by atoms with van der Waals surface area (Å²) < 4.78 is 4.59. The van der Waals surface area contributed by atoms with Gasteiger partial charge in [0.05, 0.1) is 0 Å². The molecule has 0 saturated heterocycles. The Morgan fingerprint density at radius 3 is 2.58 bits per heavy atom. The average Bonchev–Trinajstić information content (AvgIpc) is 2.06. The Labute approximate surface area is 68.5 Å². The predicted octanol–water partition coefficient (Wildman–Crippen LogP) is 1.52. The zero-order valence-electron chi connectivity index (χ0n) is 6.06. The predicted molar refractivity (Wildman–Crippen MR) is 40.6 cm³/mol. The van der Waals surface area contributed by atoms with Crippen LogP contribution in [0.5, 0.6) is 5.75 Å². The molecule has 0 fully saturated rings. The van der Waals surface area contributed by atoms with Crippen molar-refractivity contribution in [3.8, 4) is 5.75 Å². The molecule has 0 saturated carbocycles. The molecule has 0 aliphatic carbocycles. The van der Waals surface area contributed by atoms with Crippen LogP contribution in [-0.2, 0) is 4.79 Å². The summed E-state index contributed by atoms with van der Waals surface area (Å²) in [5, 5.41) is 0. The number of rotatable bonds is 1.